The Balaban J connectivity index is 3.59. The average Bonchev–Trinajstić information content (AvgIpc) is 3.07. The third kappa shape index (κ3) is 36.9. The van der Waals surface area contributed by atoms with Gasteiger partial charge in [-0.3, -0.25) is 24.0 Å². The van der Waals surface area contributed by atoms with E-state index in [0.29, 0.717) is 78.7 Å². The number of hydrogen-bond donors (Lipinski definition) is 3. The molecule has 0 aromatic heterocycles. The van der Waals surface area contributed by atoms with Gasteiger partial charge >= 0.3 is 11.9 Å². The lowest BCUT2D eigenvalue weighted by Crippen LogP contribution is -2.29. The number of nitrogens with one attached hydrogen (secondary N) is 1. The number of carbonyl (C=O) groups excluding carboxylic acids is 3. The number of carboxylic acid groups (broad SMARTS) is 2. The molecule has 0 rings (SSSR count). The van der Waals surface area contributed by atoms with Crippen molar-refractivity contribution < 1.29 is 53.1 Å². The van der Waals surface area contributed by atoms with Gasteiger partial charge in [0.25, 0.3) is 0 Å². The molecule has 3 N–H and O–H groups in total. The normalized spacial score (nSPS) is 11.8. The van der Waals surface area contributed by atoms with E-state index in [0.717, 1.165) is 38.5 Å². The molecule has 0 aromatic carbocycles. The van der Waals surface area contributed by atoms with Crippen LogP contribution in [-0.4, -0.2) is 99.0 Å². The van der Waals surface area contributed by atoms with Crippen LogP contribution in [0.4, 0.5) is 0 Å². The van der Waals surface area contributed by atoms with Crippen molar-refractivity contribution in [3.63, 3.8) is 0 Å². The van der Waals surface area contributed by atoms with E-state index in [1.165, 1.54) is 71.1 Å². The average molecular weight is 716 g/mol. The van der Waals surface area contributed by atoms with Gasteiger partial charge in [0.15, 0.2) is 0 Å². The Morgan fingerprint density at radius 3 is 1.32 bits per heavy atom. The maximum absolute atomic E-state index is 12.4. The lowest BCUT2D eigenvalue weighted by atomic mass is 9.94. The highest BCUT2D eigenvalue weighted by molar-refractivity contribution is 5.84. The summed E-state index contributed by atoms with van der Waals surface area (Å²) >= 11 is 0. The highest BCUT2D eigenvalue weighted by Gasteiger charge is 2.22. The summed E-state index contributed by atoms with van der Waals surface area (Å²) in [7, 11) is 0. The first-order valence-corrected chi connectivity index (χ1v) is 19.3. The van der Waals surface area contributed by atoms with Crippen LogP contribution in [0.1, 0.15) is 148 Å². The van der Waals surface area contributed by atoms with Gasteiger partial charge in [-0.25, -0.2) is 0 Å². The summed E-state index contributed by atoms with van der Waals surface area (Å²) in [6.45, 7) is 5.05. The first-order chi connectivity index (χ1) is 24.2. The second-order valence-electron chi connectivity index (χ2n) is 13.1. The molecule has 0 heterocycles. The van der Waals surface area contributed by atoms with E-state index in [9.17, 15) is 29.1 Å². The number of amides is 1. The molecule has 0 aromatic rings. The largest absolute Gasteiger partial charge is 0.481 e. The summed E-state index contributed by atoms with van der Waals surface area (Å²) in [5.41, 5.74) is 0. The van der Waals surface area contributed by atoms with Crippen molar-refractivity contribution in [3.05, 3.63) is 0 Å². The molecular weight excluding hydrogens is 646 g/mol. The Labute approximate surface area is 301 Å². The summed E-state index contributed by atoms with van der Waals surface area (Å²) in [4.78, 5) is 57.5. The summed E-state index contributed by atoms with van der Waals surface area (Å²) in [6.07, 6.45) is 19.6. The second kappa shape index (κ2) is 36.4. The Kier molecular flexibility index (Phi) is 34.6. The highest BCUT2D eigenvalue weighted by atomic mass is 16.6. The Bertz CT molecular complexity index is 868. The topological polar surface area (TPSA) is 175 Å². The van der Waals surface area contributed by atoms with Crippen LogP contribution in [-0.2, 0) is 42.9 Å². The summed E-state index contributed by atoms with van der Waals surface area (Å²) < 4.78 is 21.5. The fourth-order valence-corrected chi connectivity index (χ4v) is 5.40. The summed E-state index contributed by atoms with van der Waals surface area (Å²) in [6, 6.07) is 0. The van der Waals surface area contributed by atoms with E-state index in [2.05, 4.69) is 5.32 Å². The fraction of sp³-hybridized carbons (Fsp3) is 0.868. The standard InChI is InChI=1S/C38H69NO11/c1-33(40)22-24-47-26-28-49-30-31-50-29-27-48-25-23-39-36(42)21-20-34(38(45)46)32-35(41)18-16-14-12-10-8-6-4-2-3-5-7-9-11-13-15-17-19-37(43)44/h34H,2-32H2,1H3,(H,39,42)(H,43,44)(H,45,46)/t34-/m1/s1. The van der Waals surface area contributed by atoms with Gasteiger partial charge in [-0.1, -0.05) is 89.9 Å². The van der Waals surface area contributed by atoms with E-state index in [1.54, 1.807) is 0 Å². The van der Waals surface area contributed by atoms with Gasteiger partial charge in [0, 0.05) is 38.6 Å². The molecule has 12 heteroatoms. The third-order valence-electron chi connectivity index (χ3n) is 8.42. The monoisotopic (exact) mass is 715 g/mol. The molecule has 0 radical (unpaired) electrons. The molecule has 0 aliphatic rings. The van der Waals surface area contributed by atoms with E-state index < -0.39 is 17.9 Å². The van der Waals surface area contributed by atoms with Crippen molar-refractivity contribution >= 4 is 29.4 Å². The summed E-state index contributed by atoms with van der Waals surface area (Å²) in [5, 5.41) is 20.9. The van der Waals surface area contributed by atoms with Gasteiger partial charge in [-0.2, -0.15) is 0 Å². The molecule has 0 unspecified atom stereocenters. The molecule has 1 atom stereocenters. The van der Waals surface area contributed by atoms with Gasteiger partial charge < -0.3 is 34.5 Å². The molecule has 0 bridgehead atoms. The van der Waals surface area contributed by atoms with Crippen LogP contribution in [0.15, 0.2) is 0 Å². The Morgan fingerprint density at radius 2 is 0.900 bits per heavy atom. The van der Waals surface area contributed by atoms with Crippen molar-refractivity contribution in [2.75, 3.05) is 59.4 Å². The Hall–Kier alpha value is -2.41. The van der Waals surface area contributed by atoms with Gasteiger partial charge in [-0.05, 0) is 26.2 Å². The minimum Gasteiger partial charge on any atom is -0.481 e. The zero-order valence-electron chi connectivity index (χ0n) is 31.1. The number of rotatable bonds is 40. The number of Topliss-reactive ketones (excluding diaryl/α,β-unsaturated/α-hetero) is 2. The molecule has 0 saturated carbocycles. The number of ketones is 2. The van der Waals surface area contributed by atoms with Crippen LogP contribution >= 0.6 is 0 Å². The van der Waals surface area contributed by atoms with Crippen molar-refractivity contribution in [2.45, 2.75) is 148 Å². The molecule has 0 aliphatic carbocycles. The fourth-order valence-electron chi connectivity index (χ4n) is 5.40. The minimum atomic E-state index is -1.04. The van der Waals surface area contributed by atoms with Crippen LogP contribution in [0.5, 0.6) is 0 Å². The lowest BCUT2D eigenvalue weighted by Gasteiger charge is -2.12. The molecule has 0 fully saturated rings. The number of carboxylic acids is 2. The number of hydrogen-bond acceptors (Lipinski definition) is 9. The lowest BCUT2D eigenvalue weighted by molar-refractivity contribution is -0.144. The number of aliphatic carboxylic acids is 2. The molecule has 0 aliphatic heterocycles. The predicted molar refractivity (Wildman–Crippen MR) is 192 cm³/mol. The second-order valence-corrected chi connectivity index (χ2v) is 13.1. The van der Waals surface area contributed by atoms with E-state index in [-0.39, 0.29) is 36.7 Å². The van der Waals surface area contributed by atoms with E-state index in [1.807, 2.05) is 0 Å². The summed E-state index contributed by atoms with van der Waals surface area (Å²) in [5.74, 6) is -2.79. The maximum Gasteiger partial charge on any atom is 0.306 e. The number of carbonyl (C=O) groups is 5. The smallest absolute Gasteiger partial charge is 0.306 e. The van der Waals surface area contributed by atoms with E-state index >= 15 is 0 Å². The van der Waals surface area contributed by atoms with Gasteiger partial charge in [-0.15, -0.1) is 0 Å². The van der Waals surface area contributed by atoms with Gasteiger partial charge in [0.05, 0.1) is 58.8 Å². The minimum absolute atomic E-state index is 0.0293. The number of unbranched alkanes of at least 4 members (excludes halogenated alkanes) is 15. The first kappa shape index (κ1) is 47.6. The number of ether oxygens (including phenoxy) is 4. The van der Waals surface area contributed by atoms with Crippen LogP contribution < -0.4 is 5.32 Å². The SMILES string of the molecule is CC(=O)CCOCCOCCOCCOCCNC(=O)CC[C@H](CC(=O)CCCCCCCCCCCCCCCCCCC(=O)O)C(=O)O. The molecule has 292 valence electrons. The molecule has 0 spiro atoms. The Morgan fingerprint density at radius 1 is 0.500 bits per heavy atom. The quantitative estimate of drug-likeness (QED) is 0.0576. The molecule has 12 nitrogen and oxygen atoms in total. The molecular formula is C38H69NO11. The zero-order valence-corrected chi connectivity index (χ0v) is 31.1. The van der Waals surface area contributed by atoms with Crippen LogP contribution in [0.2, 0.25) is 0 Å². The highest BCUT2D eigenvalue weighted by Crippen LogP contribution is 2.17. The van der Waals surface area contributed by atoms with Crippen molar-refractivity contribution in [1.82, 2.24) is 5.32 Å². The third-order valence-corrected chi connectivity index (χ3v) is 8.42. The van der Waals surface area contributed by atoms with Crippen molar-refractivity contribution in [2.24, 2.45) is 5.92 Å². The zero-order chi connectivity index (χ0) is 36.9. The van der Waals surface area contributed by atoms with Gasteiger partial charge in [0.2, 0.25) is 5.91 Å². The first-order valence-electron chi connectivity index (χ1n) is 19.3. The maximum atomic E-state index is 12.4. The van der Waals surface area contributed by atoms with E-state index in [4.69, 9.17) is 24.1 Å². The predicted octanol–water partition coefficient (Wildman–Crippen LogP) is 6.69. The van der Waals surface area contributed by atoms with Crippen LogP contribution in [0.3, 0.4) is 0 Å². The van der Waals surface area contributed by atoms with Crippen molar-refractivity contribution in [1.29, 1.82) is 0 Å². The molecule has 1 amide bonds. The van der Waals surface area contributed by atoms with Crippen LogP contribution in [0, 0.1) is 5.92 Å². The molecule has 0 saturated heterocycles. The molecule has 50 heavy (non-hydrogen) atoms. The van der Waals surface area contributed by atoms with Crippen LogP contribution in [0.25, 0.3) is 0 Å². The van der Waals surface area contributed by atoms with Crippen molar-refractivity contribution in [3.8, 4) is 0 Å². The van der Waals surface area contributed by atoms with Gasteiger partial charge in [0.1, 0.15) is 11.6 Å².